The number of piperidine rings is 1. The second kappa shape index (κ2) is 4.74. The van der Waals surface area contributed by atoms with Gasteiger partial charge in [0.05, 0.1) is 0 Å². The molecule has 2 aliphatic rings. The van der Waals surface area contributed by atoms with Crippen molar-refractivity contribution in [2.75, 3.05) is 13.1 Å². The first kappa shape index (κ1) is 12.5. The number of carbonyl (C=O) groups is 1. The van der Waals surface area contributed by atoms with Gasteiger partial charge in [-0.25, -0.2) is 5.01 Å². The molecular weight excluding hydrogens is 218 g/mol. The first-order chi connectivity index (χ1) is 8.08. The third-order valence-electron chi connectivity index (χ3n) is 3.64. The van der Waals surface area contributed by atoms with Gasteiger partial charge in [0.25, 0.3) is 0 Å². The molecule has 0 bridgehead atoms. The highest BCUT2D eigenvalue weighted by Crippen LogP contribution is 2.36. The molecule has 5 heteroatoms. The molecule has 2 aliphatic heterocycles. The summed E-state index contributed by atoms with van der Waals surface area (Å²) in [5.41, 5.74) is -0.273. The smallest absolute Gasteiger partial charge is 0.245 e. The highest BCUT2D eigenvalue weighted by molar-refractivity contribution is 5.88. The Morgan fingerprint density at radius 3 is 3.06 bits per heavy atom. The summed E-state index contributed by atoms with van der Waals surface area (Å²) in [4.78, 5) is 11.9. The van der Waals surface area contributed by atoms with Crippen molar-refractivity contribution in [2.45, 2.75) is 45.3 Å². The van der Waals surface area contributed by atoms with Gasteiger partial charge >= 0.3 is 0 Å². The number of hydrogen-bond donors (Lipinski definition) is 2. The Kier molecular flexibility index (Phi) is 3.49. The van der Waals surface area contributed by atoms with E-state index in [9.17, 15) is 9.90 Å². The predicted octanol–water partition coefficient (Wildman–Crippen LogP) is 0.693. The SMILES string of the molecule is CCC(=O)N1N=C(C)C[C@@]1(O)C1CCCNC1. The summed E-state index contributed by atoms with van der Waals surface area (Å²) in [6.07, 6.45) is 2.84. The number of carbonyl (C=O) groups excluding carboxylic acids is 1. The summed E-state index contributed by atoms with van der Waals surface area (Å²) in [5.74, 6) is -0.0251. The molecule has 0 aromatic rings. The van der Waals surface area contributed by atoms with Crippen molar-refractivity contribution in [1.29, 1.82) is 0 Å². The third kappa shape index (κ3) is 2.21. The second-order valence-electron chi connectivity index (χ2n) is 4.99. The maximum atomic E-state index is 11.9. The normalized spacial score (nSPS) is 33.7. The molecule has 0 saturated carbocycles. The van der Waals surface area contributed by atoms with Crippen molar-refractivity contribution in [2.24, 2.45) is 11.0 Å². The Labute approximate surface area is 102 Å². The number of hydrazone groups is 1. The number of nitrogens with one attached hydrogen (secondary N) is 1. The largest absolute Gasteiger partial charge is 0.368 e. The lowest BCUT2D eigenvalue weighted by atomic mass is 9.85. The molecule has 0 radical (unpaired) electrons. The minimum Gasteiger partial charge on any atom is -0.368 e. The van der Waals surface area contributed by atoms with E-state index in [4.69, 9.17) is 0 Å². The molecule has 0 aromatic carbocycles. The molecule has 96 valence electrons. The average molecular weight is 239 g/mol. The predicted molar refractivity (Wildman–Crippen MR) is 65.4 cm³/mol. The summed E-state index contributed by atoms with van der Waals surface area (Å²) in [7, 11) is 0. The molecule has 2 atom stereocenters. The van der Waals surface area contributed by atoms with Gasteiger partial charge in [-0.15, -0.1) is 0 Å². The summed E-state index contributed by atoms with van der Waals surface area (Å²) in [5, 5.41) is 19.6. The van der Waals surface area contributed by atoms with Gasteiger partial charge in [-0.1, -0.05) is 6.92 Å². The molecule has 5 nitrogen and oxygen atoms in total. The van der Waals surface area contributed by atoms with Crippen LogP contribution in [0.25, 0.3) is 0 Å². The van der Waals surface area contributed by atoms with Crippen molar-refractivity contribution in [3.05, 3.63) is 0 Å². The molecule has 1 saturated heterocycles. The van der Waals surface area contributed by atoms with Crippen LogP contribution < -0.4 is 5.32 Å². The summed E-state index contributed by atoms with van der Waals surface area (Å²) in [6.45, 7) is 5.41. The van der Waals surface area contributed by atoms with E-state index < -0.39 is 5.72 Å². The topological polar surface area (TPSA) is 64.9 Å². The van der Waals surface area contributed by atoms with E-state index >= 15 is 0 Å². The average Bonchev–Trinajstić information content (AvgIpc) is 2.66. The van der Waals surface area contributed by atoms with Gasteiger partial charge in [-0.3, -0.25) is 4.79 Å². The maximum Gasteiger partial charge on any atom is 0.245 e. The van der Waals surface area contributed by atoms with E-state index in [1.807, 2.05) is 6.92 Å². The first-order valence-electron chi connectivity index (χ1n) is 6.38. The third-order valence-corrected chi connectivity index (χ3v) is 3.64. The van der Waals surface area contributed by atoms with Gasteiger partial charge in [0.15, 0.2) is 5.72 Å². The van der Waals surface area contributed by atoms with Gasteiger partial charge in [-0.2, -0.15) is 5.10 Å². The van der Waals surface area contributed by atoms with Crippen molar-refractivity contribution in [3.63, 3.8) is 0 Å². The molecule has 2 rings (SSSR count). The van der Waals surface area contributed by atoms with Crippen LogP contribution in [0.15, 0.2) is 5.10 Å². The summed E-state index contributed by atoms with van der Waals surface area (Å²) < 4.78 is 0. The number of aliphatic hydroxyl groups is 1. The van der Waals surface area contributed by atoms with Crippen molar-refractivity contribution < 1.29 is 9.90 Å². The second-order valence-corrected chi connectivity index (χ2v) is 4.99. The Morgan fingerprint density at radius 2 is 2.47 bits per heavy atom. The summed E-state index contributed by atoms with van der Waals surface area (Å²) >= 11 is 0. The van der Waals surface area contributed by atoms with E-state index in [-0.39, 0.29) is 11.8 Å². The maximum absolute atomic E-state index is 11.9. The standard InChI is InChI=1S/C12H21N3O2/c1-3-11(16)15-12(17,7-9(2)14-15)10-5-4-6-13-8-10/h10,13,17H,3-8H2,1-2H3/t10?,12-/m1/s1. The van der Waals surface area contributed by atoms with Crippen molar-refractivity contribution in [1.82, 2.24) is 10.3 Å². The zero-order valence-corrected chi connectivity index (χ0v) is 10.6. The van der Waals surface area contributed by atoms with Crippen LogP contribution in [0.5, 0.6) is 0 Å². The number of hydrogen-bond acceptors (Lipinski definition) is 4. The van der Waals surface area contributed by atoms with Crippen LogP contribution in [0.1, 0.15) is 39.5 Å². The molecule has 0 aromatic heterocycles. The Morgan fingerprint density at radius 1 is 1.71 bits per heavy atom. The van der Waals surface area contributed by atoms with E-state index in [1.54, 1.807) is 6.92 Å². The molecular formula is C12H21N3O2. The fraction of sp³-hybridized carbons (Fsp3) is 0.833. The number of nitrogens with zero attached hydrogens (tertiary/aromatic N) is 2. The Hall–Kier alpha value is -0.940. The molecule has 1 fully saturated rings. The molecule has 2 N–H and O–H groups in total. The quantitative estimate of drug-likeness (QED) is 0.745. The van der Waals surface area contributed by atoms with E-state index in [0.717, 1.165) is 31.6 Å². The fourth-order valence-corrected chi connectivity index (χ4v) is 2.73. The fourth-order valence-electron chi connectivity index (χ4n) is 2.73. The highest BCUT2D eigenvalue weighted by Gasteiger charge is 2.48. The van der Waals surface area contributed by atoms with Crippen LogP contribution in [-0.4, -0.2) is 40.5 Å². The van der Waals surface area contributed by atoms with Gasteiger partial charge < -0.3 is 10.4 Å². The van der Waals surface area contributed by atoms with Gasteiger partial charge in [0.2, 0.25) is 5.91 Å². The summed E-state index contributed by atoms with van der Waals surface area (Å²) in [6, 6.07) is 0. The van der Waals surface area contributed by atoms with Gasteiger partial charge in [0, 0.05) is 31.0 Å². The monoisotopic (exact) mass is 239 g/mol. The minimum atomic E-state index is -1.11. The molecule has 1 unspecified atom stereocenters. The van der Waals surface area contributed by atoms with Crippen molar-refractivity contribution >= 4 is 11.6 Å². The number of amides is 1. The molecule has 17 heavy (non-hydrogen) atoms. The van der Waals surface area contributed by atoms with E-state index in [2.05, 4.69) is 10.4 Å². The van der Waals surface area contributed by atoms with E-state index in [0.29, 0.717) is 12.8 Å². The Bertz CT molecular complexity index is 337. The van der Waals surface area contributed by atoms with Crippen LogP contribution >= 0.6 is 0 Å². The van der Waals surface area contributed by atoms with Crippen LogP contribution in [-0.2, 0) is 4.79 Å². The molecule has 0 spiro atoms. The zero-order valence-electron chi connectivity index (χ0n) is 10.6. The highest BCUT2D eigenvalue weighted by atomic mass is 16.3. The molecule has 1 amide bonds. The Balaban J connectivity index is 2.19. The molecule has 2 heterocycles. The van der Waals surface area contributed by atoms with Crippen LogP contribution in [0.4, 0.5) is 0 Å². The van der Waals surface area contributed by atoms with Crippen molar-refractivity contribution in [3.8, 4) is 0 Å². The number of rotatable bonds is 2. The minimum absolute atomic E-state index is 0.0768. The lowest BCUT2D eigenvalue weighted by Gasteiger charge is -2.40. The first-order valence-corrected chi connectivity index (χ1v) is 6.38. The van der Waals surface area contributed by atoms with Crippen LogP contribution in [0.3, 0.4) is 0 Å². The van der Waals surface area contributed by atoms with Gasteiger partial charge in [0.1, 0.15) is 0 Å². The lowest BCUT2D eigenvalue weighted by Crippen LogP contribution is -2.55. The lowest BCUT2D eigenvalue weighted by molar-refractivity contribution is -0.169. The van der Waals surface area contributed by atoms with E-state index in [1.165, 1.54) is 5.01 Å². The zero-order chi connectivity index (χ0) is 12.5. The van der Waals surface area contributed by atoms with Crippen LogP contribution in [0.2, 0.25) is 0 Å². The van der Waals surface area contributed by atoms with Gasteiger partial charge in [-0.05, 0) is 26.3 Å². The molecule has 0 aliphatic carbocycles. The van der Waals surface area contributed by atoms with Crippen LogP contribution in [0, 0.1) is 5.92 Å².